The molecule has 0 unspecified atom stereocenters. The van der Waals surface area contributed by atoms with Gasteiger partial charge in [-0.1, -0.05) is 24.3 Å². The monoisotopic (exact) mass is 495 g/mol. The molecule has 0 bridgehead atoms. The zero-order valence-corrected chi connectivity index (χ0v) is 20.4. The third kappa shape index (κ3) is 5.37. The number of nitro groups is 1. The number of nitro benzene ring substituents is 1. The molecule has 1 aliphatic rings. The molecule has 184 valence electrons. The molecule has 2 aromatic carbocycles. The van der Waals surface area contributed by atoms with Gasteiger partial charge in [0, 0.05) is 44.0 Å². The Bertz CT molecular complexity index is 1280. The van der Waals surface area contributed by atoms with Gasteiger partial charge >= 0.3 is 0 Å². The molecule has 0 atom stereocenters. The SMILES string of the molecule is CCN(c1ccccc1)S(=O)(=O)c1ccc(NCc2cccnc2N2CCCCC2)c([N+](=O)[O-])c1. The first-order valence-corrected chi connectivity index (χ1v) is 13.1. The van der Waals surface area contributed by atoms with Gasteiger partial charge in [0.05, 0.1) is 15.5 Å². The molecule has 0 aliphatic carbocycles. The van der Waals surface area contributed by atoms with Crippen LogP contribution in [0.3, 0.4) is 0 Å². The van der Waals surface area contributed by atoms with Crippen LogP contribution in [0.1, 0.15) is 31.7 Å². The highest BCUT2D eigenvalue weighted by molar-refractivity contribution is 7.92. The van der Waals surface area contributed by atoms with Gasteiger partial charge in [-0.15, -0.1) is 0 Å². The molecule has 1 saturated heterocycles. The van der Waals surface area contributed by atoms with E-state index in [1.807, 2.05) is 12.1 Å². The highest BCUT2D eigenvalue weighted by atomic mass is 32.2. The predicted octanol–water partition coefficient (Wildman–Crippen LogP) is 4.81. The molecule has 35 heavy (non-hydrogen) atoms. The van der Waals surface area contributed by atoms with Crippen LogP contribution in [0, 0.1) is 10.1 Å². The quantitative estimate of drug-likeness (QED) is 0.335. The molecular weight excluding hydrogens is 466 g/mol. The van der Waals surface area contributed by atoms with E-state index < -0.39 is 14.9 Å². The minimum absolute atomic E-state index is 0.129. The summed E-state index contributed by atoms with van der Waals surface area (Å²) < 4.78 is 27.9. The van der Waals surface area contributed by atoms with E-state index in [-0.39, 0.29) is 22.8 Å². The zero-order valence-electron chi connectivity index (χ0n) is 19.6. The number of rotatable bonds is 9. The molecule has 0 amide bonds. The molecule has 0 spiro atoms. The van der Waals surface area contributed by atoms with Crippen LogP contribution in [0.4, 0.5) is 22.9 Å². The number of anilines is 3. The highest BCUT2D eigenvalue weighted by Gasteiger charge is 2.27. The van der Waals surface area contributed by atoms with E-state index in [1.165, 1.54) is 22.9 Å². The second-order valence-electron chi connectivity index (χ2n) is 8.33. The largest absolute Gasteiger partial charge is 0.375 e. The van der Waals surface area contributed by atoms with Crippen LogP contribution >= 0.6 is 0 Å². The number of hydrogen-bond donors (Lipinski definition) is 1. The van der Waals surface area contributed by atoms with Gasteiger partial charge in [-0.2, -0.15) is 0 Å². The van der Waals surface area contributed by atoms with Crippen molar-refractivity contribution in [2.75, 3.05) is 34.2 Å². The lowest BCUT2D eigenvalue weighted by Crippen LogP contribution is -2.31. The van der Waals surface area contributed by atoms with Crippen LogP contribution in [-0.2, 0) is 16.6 Å². The number of benzene rings is 2. The summed E-state index contributed by atoms with van der Waals surface area (Å²) in [6, 6.07) is 16.5. The smallest absolute Gasteiger partial charge is 0.293 e. The fraction of sp³-hybridized carbons (Fsp3) is 0.320. The second kappa shape index (κ2) is 10.7. The molecule has 0 radical (unpaired) electrons. The maximum absolute atomic E-state index is 13.3. The Labute approximate surface area is 205 Å². The number of aromatic nitrogens is 1. The lowest BCUT2D eigenvalue weighted by atomic mass is 10.1. The molecule has 10 heteroatoms. The number of para-hydroxylation sites is 1. The zero-order chi connectivity index (χ0) is 24.8. The Balaban J connectivity index is 1.60. The van der Waals surface area contributed by atoms with Crippen molar-refractivity contribution < 1.29 is 13.3 Å². The van der Waals surface area contributed by atoms with Crippen molar-refractivity contribution in [1.29, 1.82) is 0 Å². The van der Waals surface area contributed by atoms with Crippen molar-refractivity contribution in [3.05, 3.63) is 82.5 Å². The molecule has 1 N–H and O–H groups in total. The molecule has 3 aromatic rings. The van der Waals surface area contributed by atoms with Crippen molar-refractivity contribution in [2.24, 2.45) is 0 Å². The first kappa shape index (κ1) is 24.5. The van der Waals surface area contributed by atoms with E-state index in [4.69, 9.17) is 0 Å². The van der Waals surface area contributed by atoms with Gasteiger partial charge in [0.15, 0.2) is 0 Å². The molecule has 1 fully saturated rings. The van der Waals surface area contributed by atoms with Crippen molar-refractivity contribution in [2.45, 2.75) is 37.6 Å². The number of nitrogens with zero attached hydrogens (tertiary/aromatic N) is 4. The van der Waals surface area contributed by atoms with Crippen molar-refractivity contribution >= 4 is 32.9 Å². The summed E-state index contributed by atoms with van der Waals surface area (Å²) >= 11 is 0. The molecule has 1 aromatic heterocycles. The second-order valence-corrected chi connectivity index (χ2v) is 10.2. The standard InChI is InChI=1S/C25H29N5O4S/c1-2-29(21-11-5-3-6-12-21)35(33,34)22-13-14-23(24(18-22)30(31)32)27-19-20-10-9-15-26-25(20)28-16-7-4-8-17-28/h3,5-6,9-15,18,27H,2,4,7-8,16-17,19H2,1H3. The van der Waals surface area contributed by atoms with Gasteiger partial charge in [0.1, 0.15) is 11.5 Å². The Kier molecular flexibility index (Phi) is 7.50. The van der Waals surface area contributed by atoms with Gasteiger partial charge in [0.2, 0.25) is 0 Å². The van der Waals surface area contributed by atoms with Crippen molar-refractivity contribution in [3.63, 3.8) is 0 Å². The van der Waals surface area contributed by atoms with Gasteiger partial charge in [-0.25, -0.2) is 13.4 Å². The van der Waals surface area contributed by atoms with E-state index in [1.54, 1.807) is 43.5 Å². The van der Waals surface area contributed by atoms with E-state index >= 15 is 0 Å². The fourth-order valence-corrected chi connectivity index (χ4v) is 5.83. The van der Waals surface area contributed by atoms with Crippen LogP contribution in [-0.4, -0.2) is 38.0 Å². The summed E-state index contributed by atoms with van der Waals surface area (Å²) in [5, 5.41) is 15.0. The van der Waals surface area contributed by atoms with Crippen LogP contribution in [0.15, 0.2) is 71.8 Å². The Morgan fingerprint density at radius 3 is 2.49 bits per heavy atom. The number of nitrogens with one attached hydrogen (secondary N) is 1. The number of pyridine rings is 1. The van der Waals surface area contributed by atoms with Crippen LogP contribution in [0.5, 0.6) is 0 Å². The van der Waals surface area contributed by atoms with Crippen molar-refractivity contribution in [1.82, 2.24) is 4.98 Å². The first-order chi connectivity index (χ1) is 16.9. The van der Waals surface area contributed by atoms with Crippen LogP contribution in [0.25, 0.3) is 0 Å². The van der Waals surface area contributed by atoms with E-state index in [9.17, 15) is 18.5 Å². The summed E-state index contributed by atoms with van der Waals surface area (Å²) in [6.07, 6.45) is 5.19. The predicted molar refractivity (Wildman–Crippen MR) is 137 cm³/mol. The van der Waals surface area contributed by atoms with Crippen molar-refractivity contribution in [3.8, 4) is 0 Å². The first-order valence-electron chi connectivity index (χ1n) is 11.7. The Morgan fingerprint density at radius 2 is 1.80 bits per heavy atom. The average molecular weight is 496 g/mol. The molecule has 0 saturated carbocycles. The summed E-state index contributed by atoms with van der Waals surface area (Å²) in [5.74, 6) is 0.878. The minimum Gasteiger partial charge on any atom is -0.375 e. The topological polar surface area (TPSA) is 109 Å². The molecular formula is C25H29N5O4S. The van der Waals surface area contributed by atoms with Gasteiger partial charge in [0.25, 0.3) is 15.7 Å². The van der Waals surface area contributed by atoms with Gasteiger partial charge in [-0.3, -0.25) is 14.4 Å². The Morgan fingerprint density at radius 1 is 1.06 bits per heavy atom. The maximum Gasteiger partial charge on any atom is 0.293 e. The van der Waals surface area contributed by atoms with E-state index in [2.05, 4.69) is 15.2 Å². The van der Waals surface area contributed by atoms with E-state index in [0.717, 1.165) is 43.4 Å². The number of hydrogen-bond acceptors (Lipinski definition) is 7. The average Bonchev–Trinajstić information content (AvgIpc) is 2.89. The Hall–Kier alpha value is -3.66. The molecule has 4 rings (SSSR count). The third-order valence-corrected chi connectivity index (χ3v) is 7.98. The highest BCUT2D eigenvalue weighted by Crippen LogP contribution is 2.32. The van der Waals surface area contributed by atoms with Crippen LogP contribution in [0.2, 0.25) is 0 Å². The summed E-state index contributed by atoms with van der Waals surface area (Å²) in [5.41, 5.74) is 1.40. The minimum atomic E-state index is -3.98. The van der Waals surface area contributed by atoms with Crippen LogP contribution < -0.4 is 14.5 Å². The molecule has 9 nitrogen and oxygen atoms in total. The van der Waals surface area contributed by atoms with Gasteiger partial charge < -0.3 is 10.2 Å². The molecule has 1 aliphatic heterocycles. The number of piperidine rings is 1. The van der Waals surface area contributed by atoms with E-state index in [0.29, 0.717) is 12.2 Å². The fourth-order valence-electron chi connectivity index (χ4n) is 4.33. The lowest BCUT2D eigenvalue weighted by Gasteiger charge is -2.29. The summed E-state index contributed by atoms with van der Waals surface area (Å²) in [7, 11) is -3.98. The summed E-state index contributed by atoms with van der Waals surface area (Å²) in [6.45, 7) is 4.12. The third-order valence-electron chi connectivity index (χ3n) is 6.08. The molecule has 2 heterocycles. The normalized spacial score (nSPS) is 13.9. The lowest BCUT2D eigenvalue weighted by molar-refractivity contribution is -0.384. The maximum atomic E-state index is 13.3. The van der Waals surface area contributed by atoms with Gasteiger partial charge in [-0.05, 0) is 56.5 Å². The number of sulfonamides is 1. The summed E-state index contributed by atoms with van der Waals surface area (Å²) in [4.78, 5) is 18.0.